The van der Waals surface area contributed by atoms with Gasteiger partial charge in [-0.2, -0.15) is 0 Å². The van der Waals surface area contributed by atoms with Crippen LogP contribution in [-0.4, -0.2) is 42.5 Å². The lowest BCUT2D eigenvalue weighted by molar-refractivity contribution is -0.150. The molecule has 0 aromatic rings. The SMILES string of the molecule is CCCCCCCC(CCCCC(C)(C)C)OC(=O)CCC(CP(=O)(OCC)OCC)C(=O)O. The Kier molecular flexibility index (Phi) is 17.9. The van der Waals surface area contributed by atoms with E-state index in [1.807, 2.05) is 0 Å². The summed E-state index contributed by atoms with van der Waals surface area (Å²) in [5.74, 6) is -2.49. The summed E-state index contributed by atoms with van der Waals surface area (Å²) in [6.45, 7) is 12.6. The number of ether oxygens (including phenoxy) is 1. The Balaban J connectivity index is 4.83. The maximum atomic E-state index is 12.7. The number of rotatable bonds is 21. The van der Waals surface area contributed by atoms with Crippen molar-refractivity contribution in [3.05, 3.63) is 0 Å². The fourth-order valence-electron chi connectivity index (χ4n) is 3.90. The third-order valence-corrected chi connectivity index (χ3v) is 7.96. The van der Waals surface area contributed by atoms with Crippen molar-refractivity contribution in [2.75, 3.05) is 19.4 Å². The van der Waals surface area contributed by atoms with Gasteiger partial charge in [0.2, 0.25) is 0 Å². The summed E-state index contributed by atoms with van der Waals surface area (Å²) in [4.78, 5) is 24.3. The van der Waals surface area contributed by atoms with Gasteiger partial charge in [-0.1, -0.05) is 59.8 Å². The highest BCUT2D eigenvalue weighted by Crippen LogP contribution is 2.50. The molecular weight excluding hydrogens is 455 g/mol. The Morgan fingerprint density at radius 3 is 1.91 bits per heavy atom. The van der Waals surface area contributed by atoms with Crippen molar-refractivity contribution in [2.24, 2.45) is 11.3 Å². The number of hydrogen-bond acceptors (Lipinski definition) is 6. The first-order chi connectivity index (χ1) is 16.0. The van der Waals surface area contributed by atoms with E-state index in [1.54, 1.807) is 13.8 Å². The number of carboxylic acids is 1. The predicted molar refractivity (Wildman–Crippen MR) is 137 cm³/mol. The molecule has 34 heavy (non-hydrogen) atoms. The summed E-state index contributed by atoms with van der Waals surface area (Å²) in [5, 5.41) is 9.58. The van der Waals surface area contributed by atoms with Gasteiger partial charge >= 0.3 is 19.5 Å². The normalized spacial score (nSPS) is 14.1. The van der Waals surface area contributed by atoms with E-state index in [4.69, 9.17) is 13.8 Å². The lowest BCUT2D eigenvalue weighted by Crippen LogP contribution is -2.23. The van der Waals surface area contributed by atoms with E-state index in [-0.39, 0.29) is 44.3 Å². The second-order valence-corrected chi connectivity index (χ2v) is 12.4. The second-order valence-electron chi connectivity index (χ2n) is 10.3. The second kappa shape index (κ2) is 18.4. The lowest BCUT2D eigenvalue weighted by atomic mass is 9.89. The largest absolute Gasteiger partial charge is 0.481 e. The number of unbranched alkanes of at least 4 members (excludes halogenated alkanes) is 5. The fraction of sp³-hybridized carbons (Fsp3) is 0.923. The van der Waals surface area contributed by atoms with Crippen LogP contribution in [0.15, 0.2) is 0 Å². The zero-order chi connectivity index (χ0) is 26.0. The first-order valence-corrected chi connectivity index (χ1v) is 15.0. The maximum Gasteiger partial charge on any atom is 0.331 e. The molecule has 0 aliphatic heterocycles. The molecule has 0 aromatic carbocycles. The van der Waals surface area contributed by atoms with E-state index in [2.05, 4.69) is 27.7 Å². The highest BCUT2D eigenvalue weighted by Gasteiger charge is 2.33. The first-order valence-electron chi connectivity index (χ1n) is 13.3. The van der Waals surface area contributed by atoms with Gasteiger partial charge in [-0.15, -0.1) is 0 Å². The molecule has 1 N–H and O–H groups in total. The van der Waals surface area contributed by atoms with Crippen molar-refractivity contribution < 1.29 is 33.0 Å². The fourth-order valence-corrected chi connectivity index (χ4v) is 5.85. The van der Waals surface area contributed by atoms with Gasteiger partial charge in [-0.3, -0.25) is 14.2 Å². The summed E-state index contributed by atoms with van der Waals surface area (Å²) in [6.07, 6.45) is 10.3. The monoisotopic (exact) mass is 506 g/mol. The zero-order valence-electron chi connectivity index (χ0n) is 22.6. The molecule has 0 saturated heterocycles. The molecular formula is C26H51O7P. The quantitative estimate of drug-likeness (QED) is 0.0971. The van der Waals surface area contributed by atoms with E-state index in [0.29, 0.717) is 5.41 Å². The van der Waals surface area contributed by atoms with Crippen LogP contribution in [0.25, 0.3) is 0 Å². The average molecular weight is 507 g/mol. The van der Waals surface area contributed by atoms with E-state index in [1.165, 1.54) is 19.3 Å². The smallest absolute Gasteiger partial charge is 0.331 e. The van der Waals surface area contributed by atoms with Gasteiger partial charge in [0.25, 0.3) is 0 Å². The number of esters is 1. The lowest BCUT2D eigenvalue weighted by Gasteiger charge is -2.22. The van der Waals surface area contributed by atoms with Gasteiger partial charge in [0.05, 0.1) is 25.3 Å². The van der Waals surface area contributed by atoms with Gasteiger partial charge in [0.1, 0.15) is 6.10 Å². The summed E-state index contributed by atoms with van der Waals surface area (Å²) in [5.41, 5.74) is 0.292. The molecule has 0 radical (unpaired) electrons. The summed E-state index contributed by atoms with van der Waals surface area (Å²) in [6, 6.07) is 0. The molecule has 0 rings (SSSR count). The van der Waals surface area contributed by atoms with Crippen molar-refractivity contribution in [3.63, 3.8) is 0 Å². The van der Waals surface area contributed by atoms with Crippen molar-refractivity contribution in [3.8, 4) is 0 Å². The molecule has 0 aromatic heterocycles. The average Bonchev–Trinajstić information content (AvgIpc) is 2.73. The number of carbonyl (C=O) groups is 2. The highest BCUT2D eigenvalue weighted by molar-refractivity contribution is 7.53. The van der Waals surface area contributed by atoms with Crippen LogP contribution in [-0.2, 0) is 27.9 Å². The minimum Gasteiger partial charge on any atom is -0.481 e. The molecule has 2 atom stereocenters. The van der Waals surface area contributed by atoms with Crippen molar-refractivity contribution in [2.45, 2.75) is 125 Å². The molecule has 0 aliphatic carbocycles. The van der Waals surface area contributed by atoms with Gasteiger partial charge in [-0.25, -0.2) is 0 Å². The van der Waals surface area contributed by atoms with E-state index in [0.717, 1.165) is 44.9 Å². The molecule has 0 fully saturated rings. The van der Waals surface area contributed by atoms with Crippen LogP contribution in [0.1, 0.15) is 119 Å². The van der Waals surface area contributed by atoms with Gasteiger partial charge < -0.3 is 18.9 Å². The van der Waals surface area contributed by atoms with Crippen molar-refractivity contribution >= 4 is 19.5 Å². The van der Waals surface area contributed by atoms with Gasteiger partial charge in [-0.05, 0) is 57.8 Å². The van der Waals surface area contributed by atoms with Crippen LogP contribution >= 0.6 is 7.60 Å². The molecule has 8 heteroatoms. The Hall–Kier alpha value is -0.910. The van der Waals surface area contributed by atoms with E-state index >= 15 is 0 Å². The van der Waals surface area contributed by atoms with Crippen LogP contribution in [0.4, 0.5) is 0 Å². The minimum atomic E-state index is -3.51. The summed E-state index contributed by atoms with van der Waals surface area (Å²) < 4.78 is 29.0. The topological polar surface area (TPSA) is 99.1 Å². The van der Waals surface area contributed by atoms with Crippen LogP contribution in [0.2, 0.25) is 0 Å². The zero-order valence-corrected chi connectivity index (χ0v) is 23.5. The van der Waals surface area contributed by atoms with Crippen LogP contribution in [0, 0.1) is 11.3 Å². The van der Waals surface area contributed by atoms with E-state index < -0.39 is 19.5 Å². The molecule has 0 amide bonds. The number of carbonyl (C=O) groups excluding carboxylic acids is 1. The predicted octanol–water partition coefficient (Wildman–Crippen LogP) is 7.61. The highest BCUT2D eigenvalue weighted by atomic mass is 31.2. The molecule has 0 aliphatic rings. The van der Waals surface area contributed by atoms with Crippen LogP contribution < -0.4 is 0 Å². The van der Waals surface area contributed by atoms with Crippen LogP contribution in [0.5, 0.6) is 0 Å². The molecule has 7 nitrogen and oxygen atoms in total. The van der Waals surface area contributed by atoms with Gasteiger partial charge in [0.15, 0.2) is 0 Å². The minimum absolute atomic E-state index is 0.0243. The maximum absolute atomic E-state index is 12.7. The summed E-state index contributed by atoms with van der Waals surface area (Å²) in [7, 11) is -3.51. The third kappa shape index (κ3) is 17.5. The first kappa shape index (κ1) is 33.1. The molecule has 2 unspecified atom stereocenters. The van der Waals surface area contributed by atoms with E-state index in [9.17, 15) is 19.3 Å². The number of hydrogen-bond donors (Lipinski definition) is 1. The molecule has 0 spiro atoms. The molecule has 0 saturated carbocycles. The Morgan fingerprint density at radius 2 is 1.41 bits per heavy atom. The molecule has 0 bridgehead atoms. The Bertz CT molecular complexity index is 590. The summed E-state index contributed by atoms with van der Waals surface area (Å²) >= 11 is 0. The standard InChI is InChI=1S/C26H51O7P/c1-7-10-11-12-13-16-23(17-14-15-20-26(4,5)6)33-24(27)19-18-22(25(28)29)21-34(30,31-8-2)32-9-3/h22-23H,7-21H2,1-6H3,(H,28,29). The van der Waals surface area contributed by atoms with Gasteiger partial charge in [0, 0.05) is 6.42 Å². The molecule has 202 valence electrons. The molecule has 0 heterocycles. The Labute approximate surface area is 208 Å². The number of carboxylic acid groups (broad SMARTS) is 1. The third-order valence-electron chi connectivity index (χ3n) is 5.77. The van der Waals surface area contributed by atoms with Crippen LogP contribution in [0.3, 0.4) is 0 Å². The van der Waals surface area contributed by atoms with Crippen molar-refractivity contribution in [1.29, 1.82) is 0 Å². The number of aliphatic carboxylic acids is 1. The Morgan fingerprint density at radius 1 is 0.853 bits per heavy atom. The van der Waals surface area contributed by atoms with Crippen molar-refractivity contribution in [1.82, 2.24) is 0 Å².